The zero-order valence-electron chi connectivity index (χ0n) is 15.0. The molecule has 0 unspecified atom stereocenters. The lowest BCUT2D eigenvalue weighted by Gasteiger charge is -2.21. The molecule has 0 bridgehead atoms. The number of benzene rings is 1. The molecule has 2 aliphatic rings. The minimum absolute atomic E-state index is 0.0656. The van der Waals surface area contributed by atoms with Gasteiger partial charge in [0.2, 0.25) is 5.91 Å². The van der Waals surface area contributed by atoms with Crippen LogP contribution in [0.5, 0.6) is 0 Å². The molecule has 4 rings (SSSR count). The van der Waals surface area contributed by atoms with Gasteiger partial charge in [-0.15, -0.1) is 0 Å². The van der Waals surface area contributed by atoms with Gasteiger partial charge < -0.3 is 10.2 Å². The van der Waals surface area contributed by atoms with Crippen LogP contribution in [0.3, 0.4) is 0 Å². The molecule has 1 aromatic carbocycles. The average molecular weight is 351 g/mol. The number of hydrogen-bond donors (Lipinski definition) is 1. The fraction of sp³-hybridized carbons (Fsp3) is 0.550. The molecule has 1 N–H and O–H groups in total. The molecule has 0 spiro atoms. The van der Waals surface area contributed by atoms with Gasteiger partial charge in [0.15, 0.2) is 0 Å². The van der Waals surface area contributed by atoms with Crippen molar-refractivity contribution < 1.29 is 4.79 Å². The van der Waals surface area contributed by atoms with Crippen molar-refractivity contribution in [1.29, 1.82) is 5.26 Å². The first kappa shape index (κ1) is 17.0. The van der Waals surface area contributed by atoms with E-state index in [1.807, 2.05) is 18.2 Å². The van der Waals surface area contributed by atoms with E-state index in [-0.39, 0.29) is 11.9 Å². The lowest BCUT2D eigenvalue weighted by Crippen LogP contribution is -2.42. The summed E-state index contributed by atoms with van der Waals surface area (Å²) in [5.74, 6) is 0.659. The van der Waals surface area contributed by atoms with Crippen LogP contribution in [0, 0.1) is 17.2 Å². The van der Waals surface area contributed by atoms with Gasteiger partial charge in [0.05, 0.1) is 18.1 Å². The highest BCUT2D eigenvalue weighted by atomic mass is 16.2. The van der Waals surface area contributed by atoms with Gasteiger partial charge in [-0.25, -0.2) is 0 Å². The molecule has 0 radical (unpaired) electrons. The Kier molecular flexibility index (Phi) is 4.89. The van der Waals surface area contributed by atoms with Crippen molar-refractivity contribution in [3.05, 3.63) is 30.5 Å². The molecular formula is C20H25N5O. The first-order valence-electron chi connectivity index (χ1n) is 9.57. The monoisotopic (exact) mass is 351 g/mol. The van der Waals surface area contributed by atoms with Gasteiger partial charge >= 0.3 is 0 Å². The lowest BCUT2D eigenvalue weighted by molar-refractivity contribution is -0.130. The minimum atomic E-state index is -0.227. The molecule has 1 aliphatic carbocycles. The van der Waals surface area contributed by atoms with Crippen molar-refractivity contribution in [2.45, 2.75) is 50.7 Å². The SMILES string of the molecule is N#C[C@@H]1CCCN1C(=O)CN[C@H]1CC[C@@H](Cn2cc3ccccc3n2)C1. The normalized spacial score (nSPS) is 25.7. The summed E-state index contributed by atoms with van der Waals surface area (Å²) in [7, 11) is 0. The van der Waals surface area contributed by atoms with Gasteiger partial charge in [-0.3, -0.25) is 9.48 Å². The third kappa shape index (κ3) is 3.58. The van der Waals surface area contributed by atoms with E-state index < -0.39 is 0 Å². The van der Waals surface area contributed by atoms with Gasteiger partial charge in [0, 0.05) is 30.7 Å². The van der Waals surface area contributed by atoms with E-state index in [1.165, 1.54) is 5.39 Å². The maximum absolute atomic E-state index is 12.3. The lowest BCUT2D eigenvalue weighted by atomic mass is 10.1. The number of rotatable bonds is 5. The van der Waals surface area contributed by atoms with Crippen molar-refractivity contribution in [2.24, 2.45) is 5.92 Å². The van der Waals surface area contributed by atoms with Gasteiger partial charge in [-0.2, -0.15) is 10.4 Å². The summed E-state index contributed by atoms with van der Waals surface area (Å²) in [6.07, 6.45) is 7.20. The van der Waals surface area contributed by atoms with Gasteiger partial charge in [-0.1, -0.05) is 18.2 Å². The Morgan fingerprint density at radius 3 is 3.04 bits per heavy atom. The van der Waals surface area contributed by atoms with Crippen LogP contribution in [0.1, 0.15) is 32.1 Å². The molecule has 1 aromatic heterocycles. The van der Waals surface area contributed by atoms with Crippen molar-refractivity contribution in [3.63, 3.8) is 0 Å². The van der Waals surface area contributed by atoms with Crippen LogP contribution < -0.4 is 5.32 Å². The van der Waals surface area contributed by atoms with Crippen LogP contribution in [0.25, 0.3) is 10.9 Å². The Balaban J connectivity index is 1.26. The van der Waals surface area contributed by atoms with Crippen LogP contribution in [0.4, 0.5) is 0 Å². The maximum Gasteiger partial charge on any atom is 0.237 e. The van der Waals surface area contributed by atoms with E-state index in [0.29, 0.717) is 18.5 Å². The Hall–Kier alpha value is -2.39. The molecule has 1 aliphatic heterocycles. The zero-order chi connectivity index (χ0) is 17.9. The summed E-state index contributed by atoms with van der Waals surface area (Å²) in [6, 6.07) is 10.6. The minimum Gasteiger partial charge on any atom is -0.326 e. The van der Waals surface area contributed by atoms with E-state index in [2.05, 4.69) is 33.4 Å². The summed E-state index contributed by atoms with van der Waals surface area (Å²) in [6.45, 7) is 2.00. The van der Waals surface area contributed by atoms with E-state index in [9.17, 15) is 4.79 Å². The Bertz CT molecular complexity index is 790. The van der Waals surface area contributed by atoms with Crippen LogP contribution in [0.15, 0.2) is 30.5 Å². The van der Waals surface area contributed by atoms with Crippen molar-refractivity contribution >= 4 is 16.8 Å². The third-order valence-electron chi connectivity index (χ3n) is 5.71. The molecule has 6 nitrogen and oxygen atoms in total. The zero-order valence-corrected chi connectivity index (χ0v) is 15.0. The quantitative estimate of drug-likeness (QED) is 0.897. The molecule has 1 amide bonds. The number of carbonyl (C=O) groups excluding carboxylic acids is 1. The molecule has 1 saturated carbocycles. The van der Waals surface area contributed by atoms with Crippen LogP contribution in [-0.4, -0.2) is 45.8 Å². The van der Waals surface area contributed by atoms with E-state index in [4.69, 9.17) is 5.26 Å². The number of nitrogens with one attached hydrogen (secondary N) is 1. The predicted molar refractivity (Wildman–Crippen MR) is 99.2 cm³/mol. The molecule has 2 heterocycles. The molecule has 26 heavy (non-hydrogen) atoms. The molecule has 1 saturated heterocycles. The third-order valence-corrected chi connectivity index (χ3v) is 5.71. The fourth-order valence-electron chi connectivity index (χ4n) is 4.33. The number of nitriles is 1. The second-order valence-corrected chi connectivity index (χ2v) is 7.54. The molecular weight excluding hydrogens is 326 g/mol. The van der Waals surface area contributed by atoms with Gasteiger partial charge in [0.1, 0.15) is 6.04 Å². The van der Waals surface area contributed by atoms with Crippen molar-refractivity contribution in [3.8, 4) is 6.07 Å². The Morgan fingerprint density at radius 1 is 1.31 bits per heavy atom. The largest absolute Gasteiger partial charge is 0.326 e. The van der Waals surface area contributed by atoms with E-state index in [0.717, 1.165) is 50.7 Å². The molecule has 136 valence electrons. The predicted octanol–water partition coefficient (Wildman–Crippen LogP) is 2.31. The summed E-state index contributed by atoms with van der Waals surface area (Å²) in [5.41, 5.74) is 1.04. The van der Waals surface area contributed by atoms with Crippen LogP contribution >= 0.6 is 0 Å². The van der Waals surface area contributed by atoms with Gasteiger partial charge in [0.25, 0.3) is 0 Å². The number of hydrogen-bond acceptors (Lipinski definition) is 4. The number of likely N-dealkylation sites (tertiary alicyclic amines) is 1. The fourth-order valence-corrected chi connectivity index (χ4v) is 4.33. The second kappa shape index (κ2) is 7.46. The van der Waals surface area contributed by atoms with Crippen LogP contribution in [0.2, 0.25) is 0 Å². The standard InChI is InChI=1S/C20H25N5O/c21-11-18-5-3-9-25(18)20(26)12-22-17-8-7-15(10-17)13-24-14-16-4-1-2-6-19(16)23-24/h1-2,4,6,14-15,17-18,22H,3,5,7-10,12-13H2/t15-,17+,18+/m1/s1. The summed E-state index contributed by atoms with van der Waals surface area (Å²) >= 11 is 0. The van der Waals surface area contributed by atoms with Crippen molar-refractivity contribution in [1.82, 2.24) is 20.0 Å². The summed E-state index contributed by atoms with van der Waals surface area (Å²) in [5, 5.41) is 18.4. The number of carbonyl (C=O) groups is 1. The number of aromatic nitrogens is 2. The summed E-state index contributed by atoms with van der Waals surface area (Å²) < 4.78 is 2.06. The molecule has 2 aromatic rings. The average Bonchev–Trinajstić information content (AvgIpc) is 3.38. The summed E-state index contributed by atoms with van der Waals surface area (Å²) in [4.78, 5) is 14.1. The smallest absolute Gasteiger partial charge is 0.237 e. The first-order valence-corrected chi connectivity index (χ1v) is 9.57. The second-order valence-electron chi connectivity index (χ2n) is 7.54. The highest BCUT2D eigenvalue weighted by Gasteiger charge is 2.30. The highest BCUT2D eigenvalue weighted by molar-refractivity contribution is 5.79. The van der Waals surface area contributed by atoms with Crippen LogP contribution in [-0.2, 0) is 11.3 Å². The topological polar surface area (TPSA) is 74.0 Å². The Morgan fingerprint density at radius 2 is 2.19 bits per heavy atom. The number of nitrogens with zero attached hydrogens (tertiary/aromatic N) is 4. The van der Waals surface area contributed by atoms with E-state index >= 15 is 0 Å². The number of amides is 1. The number of fused-ring (bicyclic) bond motifs is 1. The maximum atomic E-state index is 12.3. The highest BCUT2D eigenvalue weighted by Crippen LogP contribution is 2.27. The van der Waals surface area contributed by atoms with E-state index in [1.54, 1.807) is 4.90 Å². The molecule has 3 atom stereocenters. The Labute approximate surface area is 153 Å². The molecule has 6 heteroatoms. The molecule has 2 fully saturated rings. The first-order chi connectivity index (χ1) is 12.7. The van der Waals surface area contributed by atoms with Crippen molar-refractivity contribution in [2.75, 3.05) is 13.1 Å². The van der Waals surface area contributed by atoms with Gasteiger partial charge in [-0.05, 0) is 44.1 Å².